The molecule has 2 rings (SSSR count). The van der Waals surface area contributed by atoms with Crippen LogP contribution in [-0.4, -0.2) is 35.5 Å². The van der Waals surface area contributed by atoms with E-state index in [0.717, 1.165) is 24.2 Å². The van der Waals surface area contributed by atoms with E-state index in [9.17, 15) is 4.79 Å². The lowest BCUT2D eigenvalue weighted by molar-refractivity contribution is 0.0938. The van der Waals surface area contributed by atoms with Gasteiger partial charge in [-0.05, 0) is 38.5 Å². The van der Waals surface area contributed by atoms with Gasteiger partial charge in [0, 0.05) is 30.2 Å². The molecule has 0 aliphatic heterocycles. The molecular weight excluding hydrogens is 258 g/mol. The second kappa shape index (κ2) is 6.28. The Morgan fingerprint density at radius 3 is 2.89 bits per heavy atom. The van der Waals surface area contributed by atoms with Gasteiger partial charge < -0.3 is 10.6 Å². The summed E-state index contributed by atoms with van der Waals surface area (Å²) in [7, 11) is 1.82. The Labute approximate surface area is 118 Å². The molecule has 2 N–H and O–H groups in total. The third-order valence-corrected chi connectivity index (χ3v) is 4.70. The fraction of sp³-hybridized carbons (Fsp3) is 0.571. The molecule has 1 saturated carbocycles. The SMILES string of the molecule is CNc1cc(C)ncc1C(=O)NC1CCC(SC)C1. The molecule has 1 aliphatic carbocycles. The van der Waals surface area contributed by atoms with Gasteiger partial charge in [-0.2, -0.15) is 11.8 Å². The molecular formula is C14H21N3OS. The number of thioether (sulfide) groups is 1. The summed E-state index contributed by atoms with van der Waals surface area (Å²) in [6.07, 6.45) is 7.12. The normalized spacial score (nSPS) is 22.3. The molecule has 0 radical (unpaired) electrons. The van der Waals surface area contributed by atoms with Crippen LogP contribution in [0.15, 0.2) is 12.3 Å². The van der Waals surface area contributed by atoms with Gasteiger partial charge in [-0.15, -0.1) is 0 Å². The van der Waals surface area contributed by atoms with E-state index in [2.05, 4.69) is 21.9 Å². The maximum absolute atomic E-state index is 12.3. The first-order valence-corrected chi connectivity index (χ1v) is 7.91. The zero-order valence-corrected chi connectivity index (χ0v) is 12.5. The summed E-state index contributed by atoms with van der Waals surface area (Å²) in [4.78, 5) is 16.5. The number of amides is 1. The molecule has 19 heavy (non-hydrogen) atoms. The monoisotopic (exact) mass is 279 g/mol. The number of anilines is 1. The first-order chi connectivity index (χ1) is 9.13. The summed E-state index contributed by atoms with van der Waals surface area (Å²) < 4.78 is 0. The van der Waals surface area contributed by atoms with Crippen molar-refractivity contribution in [2.75, 3.05) is 18.6 Å². The Bertz CT molecular complexity index is 464. The molecule has 0 saturated heterocycles. The topological polar surface area (TPSA) is 54.0 Å². The van der Waals surface area contributed by atoms with Gasteiger partial charge in [0.2, 0.25) is 0 Å². The third kappa shape index (κ3) is 3.41. The van der Waals surface area contributed by atoms with Crippen LogP contribution in [0.4, 0.5) is 5.69 Å². The lowest BCUT2D eigenvalue weighted by Crippen LogP contribution is -2.33. The first-order valence-electron chi connectivity index (χ1n) is 6.62. The van der Waals surface area contributed by atoms with Crippen LogP contribution < -0.4 is 10.6 Å². The number of carbonyl (C=O) groups excluding carboxylic acids is 1. The van der Waals surface area contributed by atoms with Crippen molar-refractivity contribution in [3.63, 3.8) is 0 Å². The van der Waals surface area contributed by atoms with E-state index < -0.39 is 0 Å². The standard InChI is InChI=1S/C14H21N3OS/c1-9-6-13(15-2)12(8-16-9)14(18)17-10-4-5-11(7-10)19-3/h6,8,10-11H,4-5,7H2,1-3H3,(H,15,16)(H,17,18). The van der Waals surface area contributed by atoms with E-state index in [0.29, 0.717) is 16.9 Å². The number of aromatic nitrogens is 1. The second-order valence-corrected chi connectivity index (χ2v) is 6.10. The Kier molecular flexibility index (Phi) is 4.69. The highest BCUT2D eigenvalue weighted by atomic mass is 32.2. The van der Waals surface area contributed by atoms with Gasteiger partial charge >= 0.3 is 0 Å². The molecule has 2 atom stereocenters. The van der Waals surface area contributed by atoms with E-state index in [1.54, 1.807) is 6.20 Å². The fourth-order valence-corrected chi connectivity index (χ4v) is 3.29. The van der Waals surface area contributed by atoms with Gasteiger partial charge in [0.25, 0.3) is 5.91 Å². The van der Waals surface area contributed by atoms with Gasteiger partial charge in [-0.3, -0.25) is 9.78 Å². The molecule has 5 heteroatoms. The minimum absolute atomic E-state index is 0.0244. The predicted octanol–water partition coefficient (Wildman–Crippen LogP) is 2.45. The van der Waals surface area contributed by atoms with Crippen LogP contribution in [0, 0.1) is 6.92 Å². The number of hydrogen-bond donors (Lipinski definition) is 2. The van der Waals surface area contributed by atoms with Crippen molar-refractivity contribution >= 4 is 23.4 Å². The van der Waals surface area contributed by atoms with Crippen LogP contribution in [0.25, 0.3) is 0 Å². The van der Waals surface area contributed by atoms with Gasteiger partial charge in [-0.1, -0.05) is 0 Å². The molecule has 1 fully saturated rings. The molecule has 1 aromatic rings. The van der Waals surface area contributed by atoms with Crippen LogP contribution >= 0.6 is 11.8 Å². The van der Waals surface area contributed by atoms with E-state index >= 15 is 0 Å². The number of pyridine rings is 1. The average molecular weight is 279 g/mol. The van der Waals surface area contributed by atoms with E-state index in [1.807, 2.05) is 31.8 Å². The highest BCUT2D eigenvalue weighted by Crippen LogP contribution is 2.28. The molecule has 4 nitrogen and oxygen atoms in total. The van der Waals surface area contributed by atoms with Crippen molar-refractivity contribution in [3.8, 4) is 0 Å². The lowest BCUT2D eigenvalue weighted by atomic mass is 10.1. The zero-order chi connectivity index (χ0) is 13.8. The van der Waals surface area contributed by atoms with Gasteiger partial charge in [-0.25, -0.2) is 0 Å². The Balaban J connectivity index is 2.04. The minimum Gasteiger partial charge on any atom is -0.387 e. The Morgan fingerprint density at radius 2 is 2.26 bits per heavy atom. The molecule has 0 aromatic carbocycles. The second-order valence-electron chi connectivity index (χ2n) is 4.96. The number of carbonyl (C=O) groups is 1. The average Bonchev–Trinajstić information content (AvgIpc) is 2.86. The van der Waals surface area contributed by atoms with Crippen molar-refractivity contribution in [2.24, 2.45) is 0 Å². The summed E-state index contributed by atoms with van der Waals surface area (Å²) in [5.41, 5.74) is 2.37. The Morgan fingerprint density at radius 1 is 1.47 bits per heavy atom. The molecule has 1 heterocycles. The molecule has 1 aromatic heterocycles. The van der Waals surface area contributed by atoms with Crippen molar-refractivity contribution < 1.29 is 4.79 Å². The third-order valence-electron chi connectivity index (χ3n) is 3.61. The minimum atomic E-state index is -0.0244. The highest BCUT2D eigenvalue weighted by Gasteiger charge is 2.26. The molecule has 104 valence electrons. The molecule has 0 spiro atoms. The van der Waals surface area contributed by atoms with Gasteiger partial charge in [0.05, 0.1) is 11.3 Å². The van der Waals surface area contributed by atoms with Crippen molar-refractivity contribution in [1.82, 2.24) is 10.3 Å². The lowest BCUT2D eigenvalue weighted by Gasteiger charge is -2.15. The van der Waals surface area contributed by atoms with Crippen LogP contribution in [0.2, 0.25) is 0 Å². The van der Waals surface area contributed by atoms with Crippen molar-refractivity contribution in [2.45, 2.75) is 37.5 Å². The number of nitrogens with one attached hydrogen (secondary N) is 2. The maximum atomic E-state index is 12.3. The van der Waals surface area contributed by atoms with Crippen molar-refractivity contribution in [3.05, 3.63) is 23.5 Å². The van der Waals surface area contributed by atoms with Crippen LogP contribution in [0.1, 0.15) is 35.3 Å². The zero-order valence-electron chi connectivity index (χ0n) is 11.7. The quantitative estimate of drug-likeness (QED) is 0.889. The van der Waals surface area contributed by atoms with Crippen LogP contribution in [-0.2, 0) is 0 Å². The summed E-state index contributed by atoms with van der Waals surface area (Å²) >= 11 is 1.89. The van der Waals surface area contributed by atoms with Crippen molar-refractivity contribution in [1.29, 1.82) is 0 Å². The Hall–Kier alpha value is -1.23. The molecule has 1 amide bonds. The first kappa shape index (κ1) is 14.2. The molecule has 0 bridgehead atoms. The van der Waals surface area contributed by atoms with Gasteiger partial charge in [0.1, 0.15) is 0 Å². The van der Waals surface area contributed by atoms with Crippen LogP contribution in [0.5, 0.6) is 0 Å². The van der Waals surface area contributed by atoms with E-state index in [4.69, 9.17) is 0 Å². The predicted molar refractivity (Wildman–Crippen MR) is 80.9 cm³/mol. The summed E-state index contributed by atoms with van der Waals surface area (Å²) in [5.74, 6) is -0.0244. The summed E-state index contributed by atoms with van der Waals surface area (Å²) in [5, 5.41) is 6.86. The number of rotatable bonds is 4. The van der Waals surface area contributed by atoms with E-state index in [1.165, 1.54) is 6.42 Å². The van der Waals surface area contributed by atoms with Gasteiger partial charge in [0.15, 0.2) is 0 Å². The van der Waals surface area contributed by atoms with Crippen LogP contribution in [0.3, 0.4) is 0 Å². The summed E-state index contributed by atoms with van der Waals surface area (Å²) in [6.45, 7) is 1.92. The maximum Gasteiger partial charge on any atom is 0.255 e. The molecule has 1 aliphatic rings. The van der Waals surface area contributed by atoms with E-state index in [-0.39, 0.29) is 5.91 Å². The number of hydrogen-bond acceptors (Lipinski definition) is 4. The smallest absolute Gasteiger partial charge is 0.255 e. The number of aryl methyl sites for hydroxylation is 1. The number of nitrogens with zero attached hydrogens (tertiary/aromatic N) is 1. The highest BCUT2D eigenvalue weighted by molar-refractivity contribution is 7.99. The summed E-state index contributed by atoms with van der Waals surface area (Å²) in [6, 6.07) is 2.20. The fourth-order valence-electron chi connectivity index (χ4n) is 2.50. The largest absolute Gasteiger partial charge is 0.387 e. The molecule has 2 unspecified atom stereocenters.